The summed E-state index contributed by atoms with van der Waals surface area (Å²) in [5.41, 5.74) is 5.34. The number of hydrogen-bond donors (Lipinski definition) is 2. The number of benzene rings is 3. The maximum Gasteiger partial charge on any atom is 0.262 e. The molecule has 0 aliphatic heterocycles. The first-order chi connectivity index (χ1) is 15.2. The van der Waals surface area contributed by atoms with Crippen molar-refractivity contribution in [2.75, 3.05) is 31.1 Å². The predicted octanol–water partition coefficient (Wildman–Crippen LogP) is 4.56. The molecular weight excluding hydrogens is 394 g/mol. The van der Waals surface area contributed by atoms with Crippen LogP contribution < -0.4 is 25.0 Å². The van der Waals surface area contributed by atoms with Crippen molar-refractivity contribution in [3.05, 3.63) is 78.4 Å². The summed E-state index contributed by atoms with van der Waals surface area (Å²) in [4.78, 5) is 12.2. The second-order valence-electron chi connectivity index (χ2n) is 6.44. The van der Waals surface area contributed by atoms with Crippen LogP contribution in [0, 0.1) is 0 Å². The van der Waals surface area contributed by atoms with Crippen molar-refractivity contribution in [2.24, 2.45) is 5.10 Å². The number of methoxy groups -OCH3 is 1. The monoisotopic (exact) mass is 419 g/mol. The third kappa shape index (κ3) is 6.78. The molecule has 3 rings (SSSR count). The summed E-state index contributed by atoms with van der Waals surface area (Å²) in [7, 11) is 1.55. The zero-order valence-corrected chi connectivity index (χ0v) is 17.5. The van der Waals surface area contributed by atoms with Gasteiger partial charge in [-0.25, -0.2) is 0 Å². The molecule has 0 radical (unpaired) electrons. The molecule has 0 aromatic heterocycles. The van der Waals surface area contributed by atoms with Gasteiger partial charge in [-0.2, -0.15) is 5.10 Å². The molecular formula is C24H25N3O4. The fraction of sp³-hybridized carbons (Fsp3) is 0.167. The number of para-hydroxylation sites is 1. The quantitative estimate of drug-likeness (QED) is 0.372. The summed E-state index contributed by atoms with van der Waals surface area (Å²) in [6.07, 6.45) is 1.68. The van der Waals surface area contributed by atoms with Crippen LogP contribution in [-0.4, -0.2) is 32.4 Å². The lowest BCUT2D eigenvalue weighted by Gasteiger charge is -2.12. The zero-order chi connectivity index (χ0) is 21.9. The van der Waals surface area contributed by atoms with Gasteiger partial charge in [0.1, 0.15) is 5.75 Å². The van der Waals surface area contributed by atoms with Gasteiger partial charge in [-0.15, -0.1) is 0 Å². The maximum atomic E-state index is 12.2. The molecule has 7 nitrogen and oxygen atoms in total. The smallest absolute Gasteiger partial charge is 0.262 e. The second-order valence-corrected chi connectivity index (χ2v) is 6.44. The van der Waals surface area contributed by atoms with Crippen molar-refractivity contribution in [1.29, 1.82) is 0 Å². The highest BCUT2D eigenvalue weighted by molar-refractivity contribution is 5.92. The Kier molecular flexibility index (Phi) is 7.88. The minimum absolute atomic E-state index is 0.146. The molecule has 7 heteroatoms. The van der Waals surface area contributed by atoms with Crippen molar-refractivity contribution >= 4 is 23.5 Å². The van der Waals surface area contributed by atoms with Gasteiger partial charge in [0.05, 0.1) is 25.6 Å². The molecule has 0 bridgehead atoms. The van der Waals surface area contributed by atoms with E-state index in [2.05, 4.69) is 15.8 Å². The number of carbonyl (C=O) groups is 1. The van der Waals surface area contributed by atoms with Gasteiger partial charge >= 0.3 is 0 Å². The van der Waals surface area contributed by atoms with Gasteiger partial charge in [0, 0.05) is 5.69 Å². The Morgan fingerprint density at radius 2 is 1.71 bits per heavy atom. The summed E-state index contributed by atoms with van der Waals surface area (Å²) in [6.45, 7) is 2.37. The average Bonchev–Trinajstić information content (AvgIpc) is 2.80. The molecule has 1 amide bonds. The fourth-order valence-corrected chi connectivity index (χ4v) is 2.72. The standard InChI is InChI=1S/C24H25N3O4/c1-3-30-21-12-10-19(11-13-21)26-24(28)17-31-22-14-9-18(15-23(22)29-2)16-25-27-20-7-5-4-6-8-20/h4-16,27H,3,17H2,1-2H3,(H,26,28). The molecule has 0 spiro atoms. The molecule has 3 aromatic carbocycles. The lowest BCUT2D eigenvalue weighted by molar-refractivity contribution is -0.118. The van der Waals surface area contributed by atoms with E-state index in [1.165, 1.54) is 0 Å². The summed E-state index contributed by atoms with van der Waals surface area (Å²) < 4.78 is 16.4. The second kappa shape index (κ2) is 11.3. The van der Waals surface area contributed by atoms with Crippen molar-refractivity contribution in [1.82, 2.24) is 0 Å². The van der Waals surface area contributed by atoms with E-state index in [1.807, 2.05) is 43.3 Å². The molecule has 0 fully saturated rings. The Balaban J connectivity index is 1.54. The molecule has 3 aromatic rings. The van der Waals surface area contributed by atoms with E-state index in [4.69, 9.17) is 14.2 Å². The van der Waals surface area contributed by atoms with Crippen LogP contribution in [0.25, 0.3) is 0 Å². The largest absolute Gasteiger partial charge is 0.494 e. The molecule has 31 heavy (non-hydrogen) atoms. The molecule has 0 aliphatic rings. The Morgan fingerprint density at radius 1 is 0.935 bits per heavy atom. The zero-order valence-electron chi connectivity index (χ0n) is 17.5. The van der Waals surface area contributed by atoms with E-state index < -0.39 is 0 Å². The Hall–Kier alpha value is -4.00. The first-order valence-corrected chi connectivity index (χ1v) is 9.85. The number of anilines is 2. The van der Waals surface area contributed by atoms with E-state index in [0.29, 0.717) is 23.8 Å². The minimum atomic E-state index is -0.274. The first-order valence-electron chi connectivity index (χ1n) is 9.85. The Morgan fingerprint density at radius 3 is 2.42 bits per heavy atom. The molecule has 0 heterocycles. The van der Waals surface area contributed by atoms with E-state index >= 15 is 0 Å². The third-order valence-corrected chi connectivity index (χ3v) is 4.18. The topological polar surface area (TPSA) is 81.2 Å². The fourth-order valence-electron chi connectivity index (χ4n) is 2.72. The first kappa shape index (κ1) is 21.7. The van der Waals surface area contributed by atoms with Crippen LogP contribution in [0.15, 0.2) is 77.9 Å². The van der Waals surface area contributed by atoms with Gasteiger partial charge in [-0.05, 0) is 67.1 Å². The van der Waals surface area contributed by atoms with Crippen LogP contribution in [0.1, 0.15) is 12.5 Å². The molecule has 0 unspecified atom stereocenters. The van der Waals surface area contributed by atoms with Crippen LogP contribution in [0.2, 0.25) is 0 Å². The molecule has 160 valence electrons. The molecule has 0 atom stereocenters. The summed E-state index contributed by atoms with van der Waals surface area (Å²) in [5.74, 6) is 1.46. The SMILES string of the molecule is CCOc1ccc(NC(=O)COc2ccc(C=NNc3ccccc3)cc2OC)cc1. The number of carbonyl (C=O) groups excluding carboxylic acids is 1. The van der Waals surface area contributed by atoms with Crippen LogP contribution in [0.5, 0.6) is 17.2 Å². The van der Waals surface area contributed by atoms with Gasteiger partial charge in [0.2, 0.25) is 0 Å². The highest BCUT2D eigenvalue weighted by atomic mass is 16.5. The Labute approximate surface area is 181 Å². The lowest BCUT2D eigenvalue weighted by atomic mass is 10.2. The van der Waals surface area contributed by atoms with E-state index in [9.17, 15) is 4.79 Å². The van der Waals surface area contributed by atoms with Gasteiger partial charge in [-0.3, -0.25) is 10.2 Å². The van der Waals surface area contributed by atoms with Gasteiger partial charge in [0.25, 0.3) is 5.91 Å². The normalized spacial score (nSPS) is 10.5. The van der Waals surface area contributed by atoms with E-state index in [0.717, 1.165) is 17.0 Å². The van der Waals surface area contributed by atoms with Crippen LogP contribution in [-0.2, 0) is 4.79 Å². The van der Waals surface area contributed by atoms with Crippen LogP contribution >= 0.6 is 0 Å². The van der Waals surface area contributed by atoms with Crippen molar-refractivity contribution in [2.45, 2.75) is 6.92 Å². The number of hydrazone groups is 1. The van der Waals surface area contributed by atoms with Crippen molar-refractivity contribution in [3.8, 4) is 17.2 Å². The van der Waals surface area contributed by atoms with Crippen molar-refractivity contribution < 1.29 is 19.0 Å². The highest BCUT2D eigenvalue weighted by Gasteiger charge is 2.09. The predicted molar refractivity (Wildman–Crippen MR) is 122 cm³/mol. The number of ether oxygens (including phenoxy) is 3. The number of hydrogen-bond acceptors (Lipinski definition) is 6. The number of nitrogens with one attached hydrogen (secondary N) is 2. The van der Waals surface area contributed by atoms with Crippen LogP contribution in [0.4, 0.5) is 11.4 Å². The summed E-state index contributed by atoms with van der Waals surface area (Å²) >= 11 is 0. The Bertz CT molecular complexity index is 1010. The summed E-state index contributed by atoms with van der Waals surface area (Å²) in [6, 6.07) is 22.2. The van der Waals surface area contributed by atoms with Crippen LogP contribution in [0.3, 0.4) is 0 Å². The van der Waals surface area contributed by atoms with Gasteiger partial charge in [-0.1, -0.05) is 18.2 Å². The van der Waals surface area contributed by atoms with Gasteiger partial charge < -0.3 is 19.5 Å². The van der Waals surface area contributed by atoms with E-state index in [-0.39, 0.29) is 12.5 Å². The number of amides is 1. The minimum Gasteiger partial charge on any atom is -0.494 e. The summed E-state index contributed by atoms with van der Waals surface area (Å²) in [5, 5.41) is 7.00. The molecule has 2 N–H and O–H groups in total. The third-order valence-electron chi connectivity index (χ3n) is 4.18. The lowest BCUT2D eigenvalue weighted by Crippen LogP contribution is -2.20. The molecule has 0 saturated heterocycles. The molecule has 0 aliphatic carbocycles. The number of nitrogens with zero attached hydrogens (tertiary/aromatic N) is 1. The highest BCUT2D eigenvalue weighted by Crippen LogP contribution is 2.27. The van der Waals surface area contributed by atoms with Gasteiger partial charge in [0.15, 0.2) is 18.1 Å². The number of rotatable bonds is 10. The van der Waals surface area contributed by atoms with Crippen molar-refractivity contribution in [3.63, 3.8) is 0 Å². The molecule has 0 saturated carbocycles. The average molecular weight is 419 g/mol. The van der Waals surface area contributed by atoms with E-state index in [1.54, 1.807) is 49.7 Å². The maximum absolute atomic E-state index is 12.2.